The summed E-state index contributed by atoms with van der Waals surface area (Å²) < 4.78 is 23.8. The molecule has 0 spiro atoms. The quantitative estimate of drug-likeness (QED) is 0.358. The van der Waals surface area contributed by atoms with Gasteiger partial charge < -0.3 is 34.5 Å². The summed E-state index contributed by atoms with van der Waals surface area (Å²) in [6.45, 7) is 4.34. The molecule has 1 fully saturated rings. The molecular formula is C16H27N2O9P. The van der Waals surface area contributed by atoms with E-state index in [0.717, 1.165) is 17.7 Å². The van der Waals surface area contributed by atoms with Crippen molar-refractivity contribution in [3.05, 3.63) is 32.6 Å². The number of rotatable bonds is 7. The first-order valence-corrected chi connectivity index (χ1v) is 10.5. The lowest BCUT2D eigenvalue weighted by Gasteiger charge is -2.34. The van der Waals surface area contributed by atoms with Crippen LogP contribution in [0.2, 0.25) is 0 Å². The van der Waals surface area contributed by atoms with Gasteiger partial charge in [-0.2, -0.15) is 0 Å². The summed E-state index contributed by atoms with van der Waals surface area (Å²) in [5.41, 5.74) is -2.60. The van der Waals surface area contributed by atoms with Crippen LogP contribution < -0.4 is 11.2 Å². The number of aromatic amines is 1. The normalized spacial score (nSPS) is 30.6. The van der Waals surface area contributed by atoms with Gasteiger partial charge >= 0.3 is 13.3 Å². The molecule has 160 valence electrons. The second kappa shape index (κ2) is 8.19. The second-order valence-electron chi connectivity index (χ2n) is 7.28. The fraction of sp³-hybridized carbons (Fsp3) is 0.750. The summed E-state index contributed by atoms with van der Waals surface area (Å²) >= 11 is 0. The van der Waals surface area contributed by atoms with Crippen LogP contribution in [0, 0.1) is 0 Å². The molecule has 1 saturated heterocycles. The lowest BCUT2D eigenvalue weighted by molar-refractivity contribution is -0.0494. The molecule has 0 bridgehead atoms. The lowest BCUT2D eigenvalue weighted by Crippen LogP contribution is -2.39. The van der Waals surface area contributed by atoms with Crippen molar-refractivity contribution in [1.29, 1.82) is 0 Å². The molecule has 1 aliphatic heterocycles. The molecule has 2 rings (SSSR count). The van der Waals surface area contributed by atoms with E-state index in [2.05, 4.69) is 4.98 Å². The van der Waals surface area contributed by atoms with Crippen LogP contribution in [0.1, 0.15) is 45.3 Å². The molecule has 11 nitrogen and oxygen atoms in total. The fourth-order valence-corrected chi connectivity index (χ4v) is 4.01. The number of aliphatic hydroxyl groups excluding tert-OH is 3. The van der Waals surface area contributed by atoms with Crippen LogP contribution in [-0.2, 0) is 20.9 Å². The number of ether oxygens (including phenoxy) is 1. The van der Waals surface area contributed by atoms with Crippen LogP contribution in [0.3, 0.4) is 0 Å². The molecule has 7 atom stereocenters. The first-order valence-electron chi connectivity index (χ1n) is 8.84. The average Bonchev–Trinajstić information content (AvgIpc) is 2.87. The molecule has 0 radical (unpaired) electrons. The molecular weight excluding hydrogens is 395 g/mol. The Balaban J connectivity index is 2.26. The van der Waals surface area contributed by atoms with E-state index in [-0.39, 0.29) is 18.4 Å². The summed E-state index contributed by atoms with van der Waals surface area (Å²) in [6, 6.07) is 0. The largest absolute Gasteiger partial charge is 0.388 e. The SMILES string of the molecule is CCC(C)(C[C@H]1O[C@@H](c2c[nH]c(=O)n(C)c2=O)[C@H](O)[C@@H]1O)OP(=O)(O)C(C)O. The first-order chi connectivity index (χ1) is 12.8. The van der Waals surface area contributed by atoms with Gasteiger partial charge in [0.1, 0.15) is 18.3 Å². The van der Waals surface area contributed by atoms with E-state index in [1.165, 1.54) is 14.0 Å². The molecule has 1 aromatic heterocycles. The van der Waals surface area contributed by atoms with Gasteiger partial charge in [-0.3, -0.25) is 13.9 Å². The van der Waals surface area contributed by atoms with Gasteiger partial charge in [0.15, 0.2) is 5.85 Å². The molecule has 5 N–H and O–H groups in total. The highest BCUT2D eigenvalue weighted by molar-refractivity contribution is 7.53. The zero-order valence-corrected chi connectivity index (χ0v) is 17.0. The summed E-state index contributed by atoms with van der Waals surface area (Å²) in [5.74, 6) is -1.60. The van der Waals surface area contributed by atoms with Gasteiger partial charge in [-0.1, -0.05) is 6.92 Å². The first kappa shape index (κ1) is 23.0. The van der Waals surface area contributed by atoms with Gasteiger partial charge in [-0.15, -0.1) is 0 Å². The van der Waals surface area contributed by atoms with Crippen molar-refractivity contribution in [3.8, 4) is 0 Å². The third-order valence-corrected chi connectivity index (χ3v) is 6.73. The highest BCUT2D eigenvalue weighted by Crippen LogP contribution is 2.52. The lowest BCUT2D eigenvalue weighted by atomic mass is 9.92. The Bertz CT molecular complexity index is 866. The van der Waals surface area contributed by atoms with Crippen molar-refractivity contribution in [2.75, 3.05) is 0 Å². The molecule has 0 saturated carbocycles. The van der Waals surface area contributed by atoms with Crippen molar-refractivity contribution < 1.29 is 34.0 Å². The molecule has 1 aliphatic rings. The Hall–Kier alpha value is -1.33. The van der Waals surface area contributed by atoms with Crippen LogP contribution in [-0.4, -0.2) is 59.5 Å². The van der Waals surface area contributed by atoms with E-state index in [4.69, 9.17) is 9.26 Å². The molecule has 1 aromatic rings. The van der Waals surface area contributed by atoms with Crippen LogP contribution >= 0.6 is 7.60 Å². The Morgan fingerprint density at radius 3 is 2.54 bits per heavy atom. The summed E-state index contributed by atoms with van der Waals surface area (Å²) in [6.07, 6.45) is -3.79. The predicted molar refractivity (Wildman–Crippen MR) is 97.8 cm³/mol. The van der Waals surface area contributed by atoms with Crippen LogP contribution in [0.5, 0.6) is 0 Å². The predicted octanol–water partition coefficient (Wildman–Crippen LogP) is -0.666. The van der Waals surface area contributed by atoms with Crippen molar-refractivity contribution in [3.63, 3.8) is 0 Å². The van der Waals surface area contributed by atoms with Gasteiger partial charge in [0.2, 0.25) is 0 Å². The topological polar surface area (TPSA) is 171 Å². The molecule has 3 unspecified atom stereocenters. The number of aromatic nitrogens is 2. The van der Waals surface area contributed by atoms with Crippen molar-refractivity contribution in [1.82, 2.24) is 9.55 Å². The van der Waals surface area contributed by atoms with E-state index >= 15 is 0 Å². The molecule has 12 heteroatoms. The molecule has 2 heterocycles. The van der Waals surface area contributed by atoms with E-state index in [1.807, 2.05) is 0 Å². The van der Waals surface area contributed by atoms with Crippen molar-refractivity contribution >= 4 is 7.60 Å². The van der Waals surface area contributed by atoms with Crippen molar-refractivity contribution in [2.45, 2.75) is 69.5 Å². The van der Waals surface area contributed by atoms with Crippen LogP contribution in [0.25, 0.3) is 0 Å². The number of nitrogens with one attached hydrogen (secondary N) is 1. The smallest absolute Gasteiger partial charge is 0.356 e. The Labute approximate surface area is 161 Å². The monoisotopic (exact) mass is 422 g/mol. The zero-order valence-electron chi connectivity index (χ0n) is 16.1. The highest BCUT2D eigenvalue weighted by atomic mass is 31.2. The molecule has 28 heavy (non-hydrogen) atoms. The third kappa shape index (κ3) is 4.46. The number of hydrogen-bond donors (Lipinski definition) is 5. The Morgan fingerprint density at radius 1 is 1.39 bits per heavy atom. The summed E-state index contributed by atoms with van der Waals surface area (Å²) in [7, 11) is -3.06. The maximum Gasteiger partial charge on any atom is 0.356 e. The number of hydrogen-bond acceptors (Lipinski definition) is 8. The average molecular weight is 422 g/mol. The van der Waals surface area contributed by atoms with E-state index < -0.39 is 54.7 Å². The summed E-state index contributed by atoms with van der Waals surface area (Å²) in [4.78, 5) is 36.0. The van der Waals surface area contributed by atoms with E-state index in [1.54, 1.807) is 6.92 Å². The minimum Gasteiger partial charge on any atom is -0.388 e. The molecule has 0 aliphatic carbocycles. The van der Waals surface area contributed by atoms with Crippen LogP contribution in [0.15, 0.2) is 15.8 Å². The van der Waals surface area contributed by atoms with Gasteiger partial charge in [0.25, 0.3) is 5.56 Å². The molecule has 0 amide bonds. The maximum absolute atomic E-state index is 12.3. The highest BCUT2D eigenvalue weighted by Gasteiger charge is 2.48. The van der Waals surface area contributed by atoms with Gasteiger partial charge in [-0.05, 0) is 20.3 Å². The number of aliphatic hydroxyl groups is 3. The van der Waals surface area contributed by atoms with E-state index in [9.17, 15) is 34.4 Å². The number of nitrogens with zero attached hydrogens (tertiary/aromatic N) is 1. The molecule has 0 aromatic carbocycles. The van der Waals surface area contributed by atoms with Crippen LogP contribution in [0.4, 0.5) is 0 Å². The fourth-order valence-electron chi connectivity index (χ4n) is 3.03. The third-order valence-electron chi connectivity index (χ3n) is 5.08. The zero-order chi connectivity index (χ0) is 21.4. The van der Waals surface area contributed by atoms with Crippen molar-refractivity contribution in [2.24, 2.45) is 7.05 Å². The van der Waals surface area contributed by atoms with E-state index in [0.29, 0.717) is 0 Å². The van der Waals surface area contributed by atoms with Gasteiger partial charge in [0.05, 0.1) is 17.3 Å². The Kier molecular flexibility index (Phi) is 6.72. The number of H-pyrrole nitrogens is 1. The Morgan fingerprint density at radius 2 is 2.00 bits per heavy atom. The minimum absolute atomic E-state index is 0.0351. The van der Waals surface area contributed by atoms with Gasteiger partial charge in [0, 0.05) is 19.7 Å². The minimum atomic E-state index is -4.32. The standard InChI is InChI=1S/C16H27N2O9P/c1-5-16(3,27-28(24,25)8(2)19)6-10-11(20)12(21)13(26-10)9-7-17-15(23)18(4)14(9)22/h7-8,10-13,19-21H,5-6H2,1-4H3,(H,17,23)(H,24,25)/t8?,10-,11-,12-,13+,16?/m1/s1. The second-order valence-corrected chi connectivity index (χ2v) is 9.34. The maximum atomic E-state index is 12.3. The summed E-state index contributed by atoms with van der Waals surface area (Å²) in [5, 5.41) is 30.2. The van der Waals surface area contributed by atoms with Gasteiger partial charge in [-0.25, -0.2) is 4.79 Å².